The lowest BCUT2D eigenvalue weighted by molar-refractivity contribution is 0.0771. The third kappa shape index (κ3) is 2.36. The second-order valence-corrected chi connectivity index (χ2v) is 6.08. The predicted octanol–water partition coefficient (Wildman–Crippen LogP) is 1.85. The average Bonchev–Trinajstić information content (AvgIpc) is 3.02. The first-order valence-electron chi connectivity index (χ1n) is 6.79. The quantitative estimate of drug-likeness (QED) is 0.750. The molecule has 1 saturated heterocycles. The SMILES string of the molecule is NC1CCC2CN(CC3CC3)CCC2C1. The van der Waals surface area contributed by atoms with E-state index in [1.807, 2.05) is 0 Å². The van der Waals surface area contributed by atoms with Crippen LogP contribution in [0.1, 0.15) is 38.5 Å². The predicted molar refractivity (Wildman–Crippen MR) is 62.6 cm³/mol. The molecule has 15 heavy (non-hydrogen) atoms. The smallest absolute Gasteiger partial charge is 0.00416 e. The fourth-order valence-electron chi connectivity index (χ4n) is 3.56. The second kappa shape index (κ2) is 4.06. The minimum absolute atomic E-state index is 0.515. The van der Waals surface area contributed by atoms with Crippen molar-refractivity contribution in [2.24, 2.45) is 23.5 Å². The van der Waals surface area contributed by atoms with Crippen LogP contribution in [0.15, 0.2) is 0 Å². The molecule has 2 aliphatic carbocycles. The minimum atomic E-state index is 0.515. The Hall–Kier alpha value is -0.0800. The van der Waals surface area contributed by atoms with Crippen molar-refractivity contribution in [3.63, 3.8) is 0 Å². The summed E-state index contributed by atoms with van der Waals surface area (Å²) in [6, 6.07) is 0.515. The summed E-state index contributed by atoms with van der Waals surface area (Å²) in [5.41, 5.74) is 6.05. The lowest BCUT2D eigenvalue weighted by Crippen LogP contribution is -2.45. The highest BCUT2D eigenvalue weighted by atomic mass is 15.1. The van der Waals surface area contributed by atoms with E-state index < -0.39 is 0 Å². The van der Waals surface area contributed by atoms with E-state index in [1.54, 1.807) is 0 Å². The summed E-state index contributed by atoms with van der Waals surface area (Å²) in [5.74, 6) is 3.01. The molecular formula is C13H24N2. The Morgan fingerprint density at radius 1 is 1.00 bits per heavy atom. The summed E-state index contributed by atoms with van der Waals surface area (Å²) in [4.78, 5) is 2.73. The Morgan fingerprint density at radius 3 is 2.67 bits per heavy atom. The third-order valence-corrected chi connectivity index (χ3v) is 4.70. The number of rotatable bonds is 2. The molecule has 3 atom stereocenters. The zero-order chi connectivity index (χ0) is 10.3. The van der Waals surface area contributed by atoms with Crippen LogP contribution in [-0.2, 0) is 0 Å². The molecule has 2 nitrogen and oxygen atoms in total. The van der Waals surface area contributed by atoms with Gasteiger partial charge in [-0.2, -0.15) is 0 Å². The van der Waals surface area contributed by atoms with Crippen molar-refractivity contribution in [3.8, 4) is 0 Å². The van der Waals surface area contributed by atoms with Gasteiger partial charge in [-0.3, -0.25) is 0 Å². The number of nitrogens with zero attached hydrogens (tertiary/aromatic N) is 1. The van der Waals surface area contributed by atoms with Gasteiger partial charge in [0.2, 0.25) is 0 Å². The van der Waals surface area contributed by atoms with Crippen LogP contribution in [0.3, 0.4) is 0 Å². The van der Waals surface area contributed by atoms with Gasteiger partial charge < -0.3 is 10.6 Å². The second-order valence-electron chi connectivity index (χ2n) is 6.08. The van der Waals surface area contributed by atoms with Crippen LogP contribution in [0.25, 0.3) is 0 Å². The van der Waals surface area contributed by atoms with E-state index in [-0.39, 0.29) is 0 Å². The maximum absolute atomic E-state index is 6.05. The van der Waals surface area contributed by atoms with Gasteiger partial charge in [0.15, 0.2) is 0 Å². The van der Waals surface area contributed by atoms with Crippen LogP contribution in [0.2, 0.25) is 0 Å². The highest BCUT2D eigenvalue weighted by Crippen LogP contribution is 2.37. The number of likely N-dealkylation sites (tertiary alicyclic amines) is 1. The van der Waals surface area contributed by atoms with Gasteiger partial charge in [0.05, 0.1) is 0 Å². The lowest BCUT2D eigenvalue weighted by Gasteiger charge is -2.43. The topological polar surface area (TPSA) is 29.3 Å². The Kier molecular flexibility index (Phi) is 2.73. The molecule has 1 aliphatic heterocycles. The van der Waals surface area contributed by atoms with Crippen LogP contribution in [0.4, 0.5) is 0 Å². The van der Waals surface area contributed by atoms with Crippen LogP contribution in [0, 0.1) is 17.8 Å². The molecule has 86 valence electrons. The number of piperidine rings is 1. The monoisotopic (exact) mass is 208 g/mol. The van der Waals surface area contributed by atoms with E-state index in [0.717, 1.165) is 17.8 Å². The molecule has 0 bridgehead atoms. The summed E-state index contributed by atoms with van der Waals surface area (Å²) in [5, 5.41) is 0. The summed E-state index contributed by atoms with van der Waals surface area (Å²) in [6.45, 7) is 4.13. The van der Waals surface area contributed by atoms with E-state index >= 15 is 0 Å². The first kappa shape index (κ1) is 10.1. The van der Waals surface area contributed by atoms with E-state index in [0.29, 0.717) is 6.04 Å². The molecule has 3 unspecified atom stereocenters. The molecule has 2 saturated carbocycles. The fourth-order valence-corrected chi connectivity index (χ4v) is 3.56. The van der Waals surface area contributed by atoms with Crippen LogP contribution in [0.5, 0.6) is 0 Å². The molecule has 0 radical (unpaired) electrons. The van der Waals surface area contributed by atoms with Crippen LogP contribution in [-0.4, -0.2) is 30.6 Å². The molecule has 2 N–H and O–H groups in total. The maximum atomic E-state index is 6.05. The molecule has 3 rings (SSSR count). The van der Waals surface area contributed by atoms with E-state index in [4.69, 9.17) is 5.73 Å². The Morgan fingerprint density at radius 2 is 1.87 bits per heavy atom. The highest BCUT2D eigenvalue weighted by molar-refractivity contribution is 4.89. The van der Waals surface area contributed by atoms with E-state index in [1.165, 1.54) is 58.2 Å². The van der Waals surface area contributed by atoms with Crippen molar-refractivity contribution in [1.29, 1.82) is 0 Å². The number of hydrogen-bond donors (Lipinski definition) is 1. The maximum Gasteiger partial charge on any atom is 0.00416 e. The normalized spacial score (nSPS) is 42.6. The van der Waals surface area contributed by atoms with Gasteiger partial charge in [0.25, 0.3) is 0 Å². The van der Waals surface area contributed by atoms with E-state index in [2.05, 4.69) is 4.90 Å². The van der Waals surface area contributed by atoms with Gasteiger partial charge in [0, 0.05) is 19.1 Å². The average molecular weight is 208 g/mol. The summed E-state index contributed by atoms with van der Waals surface area (Å²) in [7, 11) is 0. The van der Waals surface area contributed by atoms with Gasteiger partial charge in [-0.25, -0.2) is 0 Å². The zero-order valence-corrected chi connectivity index (χ0v) is 9.70. The molecule has 1 heterocycles. The first-order chi connectivity index (χ1) is 7.31. The zero-order valence-electron chi connectivity index (χ0n) is 9.70. The van der Waals surface area contributed by atoms with Crippen molar-refractivity contribution in [3.05, 3.63) is 0 Å². The lowest BCUT2D eigenvalue weighted by atomic mass is 9.73. The van der Waals surface area contributed by atoms with Gasteiger partial charge in [-0.1, -0.05) is 0 Å². The molecule has 2 heteroatoms. The molecule has 0 spiro atoms. The number of fused-ring (bicyclic) bond motifs is 1. The van der Waals surface area contributed by atoms with E-state index in [9.17, 15) is 0 Å². The Labute approximate surface area is 93.2 Å². The summed E-state index contributed by atoms with van der Waals surface area (Å²) >= 11 is 0. The Bertz CT molecular complexity index is 225. The van der Waals surface area contributed by atoms with Gasteiger partial charge in [0.1, 0.15) is 0 Å². The van der Waals surface area contributed by atoms with Crippen LogP contribution < -0.4 is 5.73 Å². The number of nitrogens with two attached hydrogens (primary N) is 1. The molecule has 3 fully saturated rings. The van der Waals surface area contributed by atoms with Crippen molar-refractivity contribution >= 4 is 0 Å². The molecule has 0 aromatic carbocycles. The summed E-state index contributed by atoms with van der Waals surface area (Å²) in [6.07, 6.45) is 8.39. The molecule has 0 amide bonds. The van der Waals surface area contributed by atoms with Crippen molar-refractivity contribution in [2.75, 3.05) is 19.6 Å². The van der Waals surface area contributed by atoms with Crippen LogP contribution >= 0.6 is 0 Å². The molecule has 0 aromatic rings. The standard InChI is InChI=1S/C13H24N2/c14-13-4-3-12-9-15(8-10-1-2-10)6-5-11(12)7-13/h10-13H,1-9,14H2. The highest BCUT2D eigenvalue weighted by Gasteiger charge is 2.35. The van der Waals surface area contributed by atoms with Gasteiger partial charge >= 0.3 is 0 Å². The Balaban J connectivity index is 1.53. The van der Waals surface area contributed by atoms with Crippen molar-refractivity contribution < 1.29 is 0 Å². The van der Waals surface area contributed by atoms with Gasteiger partial charge in [-0.05, 0) is 62.8 Å². The first-order valence-corrected chi connectivity index (χ1v) is 6.79. The molecule has 3 aliphatic rings. The third-order valence-electron chi connectivity index (χ3n) is 4.70. The minimum Gasteiger partial charge on any atom is -0.328 e. The number of hydrogen-bond acceptors (Lipinski definition) is 2. The largest absolute Gasteiger partial charge is 0.328 e. The van der Waals surface area contributed by atoms with Crippen molar-refractivity contribution in [1.82, 2.24) is 4.90 Å². The van der Waals surface area contributed by atoms with Gasteiger partial charge in [-0.15, -0.1) is 0 Å². The molecule has 0 aromatic heterocycles. The summed E-state index contributed by atoms with van der Waals surface area (Å²) < 4.78 is 0. The fraction of sp³-hybridized carbons (Fsp3) is 1.00. The van der Waals surface area contributed by atoms with Crippen molar-refractivity contribution in [2.45, 2.75) is 44.6 Å². The molecular weight excluding hydrogens is 184 g/mol.